The van der Waals surface area contributed by atoms with Gasteiger partial charge >= 0.3 is 0 Å². The highest BCUT2D eigenvalue weighted by Gasteiger charge is 2.20. The number of halogens is 2. The summed E-state index contributed by atoms with van der Waals surface area (Å²) in [6.07, 6.45) is 0. The molecule has 5 heteroatoms. The van der Waals surface area contributed by atoms with Crippen LogP contribution in [0.3, 0.4) is 0 Å². The molecular formula is C12H11F2NO2. The summed E-state index contributed by atoms with van der Waals surface area (Å²) in [4.78, 5) is 11.5. The van der Waals surface area contributed by atoms with Gasteiger partial charge in [0.15, 0.2) is 5.76 Å². The summed E-state index contributed by atoms with van der Waals surface area (Å²) in [5.74, 6) is -1.41. The molecule has 0 aliphatic carbocycles. The minimum atomic E-state index is -0.755. The summed E-state index contributed by atoms with van der Waals surface area (Å²) in [6.45, 7) is 3.59. The van der Waals surface area contributed by atoms with E-state index in [1.165, 1.54) is 6.07 Å². The molecule has 0 aliphatic heterocycles. The Morgan fingerprint density at radius 3 is 2.59 bits per heavy atom. The first kappa shape index (κ1) is 11.6. The van der Waals surface area contributed by atoms with E-state index in [9.17, 15) is 13.6 Å². The monoisotopic (exact) mass is 239 g/mol. The lowest BCUT2D eigenvalue weighted by Crippen LogP contribution is -2.07. The van der Waals surface area contributed by atoms with E-state index >= 15 is 0 Å². The van der Waals surface area contributed by atoms with Crippen LogP contribution in [0, 0.1) is 11.6 Å². The molecular weight excluding hydrogens is 228 g/mol. The molecule has 0 spiro atoms. The van der Waals surface area contributed by atoms with E-state index in [-0.39, 0.29) is 17.2 Å². The maximum Gasteiger partial charge on any atom is 0.283 e. The molecule has 3 nitrogen and oxygen atoms in total. The highest BCUT2D eigenvalue weighted by atomic mass is 19.1. The number of aromatic nitrogens is 1. The second-order valence-electron chi connectivity index (χ2n) is 4.05. The fraction of sp³-hybridized carbons (Fsp3) is 0.250. The van der Waals surface area contributed by atoms with Crippen molar-refractivity contribution in [3.63, 3.8) is 0 Å². The van der Waals surface area contributed by atoms with Crippen molar-refractivity contribution >= 4 is 0 Å². The second kappa shape index (κ2) is 4.16. The van der Waals surface area contributed by atoms with Gasteiger partial charge in [-0.1, -0.05) is 13.8 Å². The van der Waals surface area contributed by atoms with Crippen LogP contribution in [0.5, 0.6) is 0 Å². The van der Waals surface area contributed by atoms with Crippen LogP contribution in [0.15, 0.2) is 27.5 Å². The molecule has 0 unspecified atom stereocenters. The van der Waals surface area contributed by atoms with Crippen molar-refractivity contribution in [1.82, 2.24) is 5.16 Å². The fourth-order valence-electron chi connectivity index (χ4n) is 1.71. The molecule has 0 bridgehead atoms. The van der Waals surface area contributed by atoms with Gasteiger partial charge in [-0.15, -0.1) is 0 Å². The zero-order valence-corrected chi connectivity index (χ0v) is 9.38. The van der Waals surface area contributed by atoms with Crippen molar-refractivity contribution in [3.8, 4) is 11.3 Å². The zero-order valence-electron chi connectivity index (χ0n) is 9.38. The lowest BCUT2D eigenvalue weighted by molar-refractivity contribution is 0.422. The Labute approximate surface area is 96.0 Å². The highest BCUT2D eigenvalue weighted by Crippen LogP contribution is 2.28. The van der Waals surface area contributed by atoms with Crippen LogP contribution in [-0.2, 0) is 0 Å². The molecule has 0 saturated heterocycles. The number of H-pyrrole nitrogens is 1. The molecule has 0 aliphatic rings. The summed E-state index contributed by atoms with van der Waals surface area (Å²) >= 11 is 0. The fourth-order valence-corrected chi connectivity index (χ4v) is 1.71. The van der Waals surface area contributed by atoms with E-state index < -0.39 is 17.2 Å². The van der Waals surface area contributed by atoms with Gasteiger partial charge in [-0.2, -0.15) is 5.16 Å². The topological polar surface area (TPSA) is 46.0 Å². The van der Waals surface area contributed by atoms with Gasteiger partial charge in [-0.3, -0.25) is 4.79 Å². The van der Waals surface area contributed by atoms with Gasteiger partial charge in [0.2, 0.25) is 0 Å². The zero-order chi connectivity index (χ0) is 12.6. The average molecular weight is 239 g/mol. The van der Waals surface area contributed by atoms with Crippen LogP contribution in [0.1, 0.15) is 25.3 Å². The number of benzene rings is 1. The van der Waals surface area contributed by atoms with Crippen LogP contribution in [0.2, 0.25) is 0 Å². The third kappa shape index (κ3) is 2.00. The summed E-state index contributed by atoms with van der Waals surface area (Å²) < 4.78 is 31.3. The van der Waals surface area contributed by atoms with Gasteiger partial charge in [0.1, 0.15) is 11.6 Å². The Kier molecular flexibility index (Phi) is 2.83. The minimum Gasteiger partial charge on any atom is -0.378 e. The molecule has 17 heavy (non-hydrogen) atoms. The molecule has 1 N–H and O–H groups in total. The molecule has 0 amide bonds. The Morgan fingerprint density at radius 2 is 2.00 bits per heavy atom. The molecule has 2 aromatic rings. The third-order valence-electron chi connectivity index (χ3n) is 2.49. The number of hydrogen-bond acceptors (Lipinski definition) is 2. The van der Waals surface area contributed by atoms with Crippen molar-refractivity contribution in [2.24, 2.45) is 0 Å². The first-order chi connectivity index (χ1) is 8.00. The van der Waals surface area contributed by atoms with Gasteiger partial charge in [0.05, 0.1) is 11.1 Å². The van der Waals surface area contributed by atoms with Gasteiger partial charge in [0.25, 0.3) is 5.56 Å². The number of nitrogens with one attached hydrogen (secondary N) is 1. The normalized spacial score (nSPS) is 11.1. The van der Waals surface area contributed by atoms with Crippen molar-refractivity contribution in [1.29, 1.82) is 0 Å². The van der Waals surface area contributed by atoms with E-state index in [0.717, 1.165) is 12.1 Å². The summed E-state index contributed by atoms with van der Waals surface area (Å²) in [5, 5.41) is 2.17. The van der Waals surface area contributed by atoms with Crippen molar-refractivity contribution in [3.05, 3.63) is 45.8 Å². The van der Waals surface area contributed by atoms with Crippen molar-refractivity contribution in [2.45, 2.75) is 19.8 Å². The molecule has 0 atom stereocenters. The first-order valence-corrected chi connectivity index (χ1v) is 5.17. The average Bonchev–Trinajstić information content (AvgIpc) is 2.60. The lowest BCUT2D eigenvalue weighted by Gasteiger charge is -2.04. The van der Waals surface area contributed by atoms with Crippen LogP contribution in [0.4, 0.5) is 8.78 Å². The summed E-state index contributed by atoms with van der Waals surface area (Å²) in [7, 11) is 0. The molecule has 1 aromatic carbocycles. The quantitative estimate of drug-likeness (QED) is 0.875. The predicted molar refractivity (Wildman–Crippen MR) is 58.8 cm³/mol. The van der Waals surface area contributed by atoms with Gasteiger partial charge in [0, 0.05) is 6.07 Å². The first-order valence-electron chi connectivity index (χ1n) is 5.17. The molecule has 0 radical (unpaired) electrons. The van der Waals surface area contributed by atoms with E-state index in [2.05, 4.69) is 5.16 Å². The van der Waals surface area contributed by atoms with Gasteiger partial charge in [-0.05, 0) is 18.1 Å². The van der Waals surface area contributed by atoms with E-state index in [1.54, 1.807) is 13.8 Å². The minimum absolute atomic E-state index is 0.0773. The standard InChI is InChI=1S/C12H11F2NO2/c1-6(2)10-11(17-15-12(10)16)8-4-3-7(13)5-9(8)14/h3-6H,1-2H3,(H,15,16). The molecule has 2 rings (SSSR count). The molecule has 0 saturated carbocycles. The lowest BCUT2D eigenvalue weighted by atomic mass is 10.00. The summed E-state index contributed by atoms with van der Waals surface area (Å²) in [5.41, 5.74) is 0.0442. The largest absolute Gasteiger partial charge is 0.378 e. The molecule has 1 heterocycles. The number of hydrogen-bond donors (Lipinski definition) is 1. The van der Waals surface area contributed by atoms with E-state index in [4.69, 9.17) is 4.52 Å². The second-order valence-corrected chi connectivity index (χ2v) is 4.05. The number of aromatic amines is 1. The summed E-state index contributed by atoms with van der Waals surface area (Å²) in [6, 6.07) is 3.13. The molecule has 0 fully saturated rings. The maximum atomic E-state index is 13.6. The van der Waals surface area contributed by atoms with Gasteiger partial charge < -0.3 is 4.52 Å². The Morgan fingerprint density at radius 1 is 1.29 bits per heavy atom. The van der Waals surface area contributed by atoms with Crippen molar-refractivity contribution < 1.29 is 13.3 Å². The van der Waals surface area contributed by atoms with Gasteiger partial charge in [-0.25, -0.2) is 8.78 Å². The molecule has 1 aromatic heterocycles. The predicted octanol–water partition coefficient (Wildman–Crippen LogP) is 3.04. The van der Waals surface area contributed by atoms with Crippen molar-refractivity contribution in [2.75, 3.05) is 0 Å². The smallest absolute Gasteiger partial charge is 0.283 e. The highest BCUT2D eigenvalue weighted by molar-refractivity contribution is 5.62. The SMILES string of the molecule is CC(C)c1c(-c2ccc(F)cc2F)o[nH]c1=O. The van der Waals surface area contributed by atoms with Crippen LogP contribution in [-0.4, -0.2) is 5.16 Å². The van der Waals surface area contributed by atoms with Crippen LogP contribution < -0.4 is 5.56 Å². The molecule has 90 valence electrons. The Bertz CT molecular complexity index is 599. The Hall–Kier alpha value is -1.91. The van der Waals surface area contributed by atoms with Crippen LogP contribution in [0.25, 0.3) is 11.3 Å². The van der Waals surface area contributed by atoms with E-state index in [0.29, 0.717) is 5.56 Å². The van der Waals surface area contributed by atoms with Crippen LogP contribution >= 0.6 is 0 Å². The third-order valence-corrected chi connectivity index (χ3v) is 2.49. The maximum absolute atomic E-state index is 13.6. The van der Waals surface area contributed by atoms with E-state index in [1.807, 2.05) is 0 Å². The Balaban J connectivity index is 2.65. The number of rotatable bonds is 2.